The van der Waals surface area contributed by atoms with Gasteiger partial charge in [0.2, 0.25) is 5.36 Å². The number of ether oxygens (including phenoxy) is 1. The third kappa shape index (κ3) is 4.05. The number of carboxylic acids is 1. The Kier molecular flexibility index (Phi) is 5.59. The van der Waals surface area contributed by atoms with E-state index in [4.69, 9.17) is 4.74 Å². The molecule has 210 valence electrons. The first kappa shape index (κ1) is 26.8. The van der Waals surface area contributed by atoms with E-state index in [1.807, 2.05) is 53.7 Å². The highest BCUT2D eigenvalue weighted by molar-refractivity contribution is 6.00. The van der Waals surface area contributed by atoms with Gasteiger partial charge in [0.05, 0.1) is 11.6 Å². The number of anilines is 1. The third-order valence-electron chi connectivity index (χ3n) is 7.65. The molecule has 0 fully saturated rings. The van der Waals surface area contributed by atoms with Gasteiger partial charge in [-0.25, -0.2) is 27.3 Å². The van der Waals surface area contributed by atoms with E-state index in [9.17, 15) is 18.7 Å². The van der Waals surface area contributed by atoms with Gasteiger partial charge in [0.25, 0.3) is 0 Å². The Morgan fingerprint density at radius 2 is 1.49 bits per heavy atom. The molecule has 3 aliphatic rings. The SMILES string of the molecule is CC1=CC(C)(C)Nc2cc3c(cc21)C(c1c(F)c(F)c(F)c(F)c1C(=O)O)=c1cc2c(cc1O3)=[NH+]C(C)(C)C=C2C. The van der Waals surface area contributed by atoms with Crippen LogP contribution in [0.3, 0.4) is 0 Å². The van der Waals surface area contributed by atoms with E-state index in [0.29, 0.717) is 22.2 Å². The first-order chi connectivity index (χ1) is 19.1. The van der Waals surface area contributed by atoms with Crippen LogP contribution < -0.4 is 25.6 Å². The molecular formula is C32H27F4N2O3+. The highest BCUT2D eigenvalue weighted by Gasteiger charge is 2.36. The molecule has 3 aliphatic heterocycles. The molecule has 3 N–H and O–H groups in total. The van der Waals surface area contributed by atoms with E-state index >= 15 is 8.78 Å². The summed E-state index contributed by atoms with van der Waals surface area (Å²) in [5.74, 6) is -9.58. The average molecular weight is 564 g/mol. The summed E-state index contributed by atoms with van der Waals surface area (Å²) in [4.78, 5) is 15.7. The first-order valence-electron chi connectivity index (χ1n) is 13.1. The average Bonchev–Trinajstić information content (AvgIpc) is 2.85. The van der Waals surface area contributed by atoms with Gasteiger partial charge in [-0.15, -0.1) is 0 Å². The maximum atomic E-state index is 15.7. The molecule has 9 heteroatoms. The van der Waals surface area contributed by atoms with Crippen LogP contribution in [0.25, 0.3) is 16.7 Å². The minimum absolute atomic E-state index is 0.116. The number of rotatable bonds is 2. The molecule has 3 aromatic rings. The topological polar surface area (TPSA) is 72.5 Å². The Hall–Kier alpha value is -4.40. The predicted molar refractivity (Wildman–Crippen MR) is 146 cm³/mol. The molecule has 0 amide bonds. The van der Waals surface area contributed by atoms with Gasteiger partial charge < -0.3 is 15.2 Å². The summed E-state index contributed by atoms with van der Waals surface area (Å²) in [5.41, 5.74) is 1.01. The molecule has 3 heterocycles. The van der Waals surface area contributed by atoms with Gasteiger partial charge in [-0.05, 0) is 57.0 Å². The summed E-state index contributed by atoms with van der Waals surface area (Å²) in [6, 6.07) is 6.74. The number of carboxylic acid groups (broad SMARTS) is 1. The van der Waals surface area contributed by atoms with Crippen molar-refractivity contribution in [3.63, 3.8) is 0 Å². The van der Waals surface area contributed by atoms with Gasteiger partial charge in [0, 0.05) is 58.6 Å². The second kappa shape index (κ2) is 8.55. The van der Waals surface area contributed by atoms with Crippen LogP contribution in [0.15, 0.2) is 36.4 Å². The van der Waals surface area contributed by atoms with Crippen molar-refractivity contribution in [3.05, 3.63) is 98.1 Å². The van der Waals surface area contributed by atoms with Crippen molar-refractivity contribution < 1.29 is 37.2 Å². The van der Waals surface area contributed by atoms with Crippen molar-refractivity contribution in [1.82, 2.24) is 0 Å². The fourth-order valence-corrected chi connectivity index (χ4v) is 6.18. The van der Waals surface area contributed by atoms with Crippen LogP contribution in [0.5, 0.6) is 11.5 Å². The summed E-state index contributed by atoms with van der Waals surface area (Å²) in [7, 11) is 0. The maximum absolute atomic E-state index is 15.7. The Labute approximate surface area is 233 Å². The fraction of sp³-hybridized carbons (Fsp3) is 0.250. The van der Waals surface area contributed by atoms with Gasteiger partial charge in [-0.1, -0.05) is 6.08 Å². The van der Waals surface area contributed by atoms with Crippen LogP contribution in [-0.4, -0.2) is 22.2 Å². The standard InChI is InChI=1S/C32H26F4N2O3/c1-13-11-31(3,4)37-19-9-21-17(7-15(13)19)23(24-25(30(39)40)27(34)29(36)28(35)26(24)33)18-8-16-14(2)12-32(5,6)38-20(16)10-22(18)41-21/h7-12,37H,1-6H3,(H,39,40)/p+1. The molecule has 0 unspecified atom stereocenters. The highest BCUT2D eigenvalue weighted by Crippen LogP contribution is 2.45. The van der Waals surface area contributed by atoms with Crippen LogP contribution in [0.1, 0.15) is 74.2 Å². The highest BCUT2D eigenvalue weighted by atomic mass is 19.2. The lowest BCUT2D eigenvalue weighted by atomic mass is 9.84. The summed E-state index contributed by atoms with van der Waals surface area (Å²) >= 11 is 0. The van der Waals surface area contributed by atoms with Gasteiger partial charge in [-0.2, -0.15) is 0 Å². The number of fused-ring (bicyclic) bond motifs is 4. The fourth-order valence-electron chi connectivity index (χ4n) is 6.18. The molecule has 3 aromatic carbocycles. The van der Waals surface area contributed by atoms with Crippen molar-refractivity contribution in [2.24, 2.45) is 0 Å². The number of benzene rings is 3. The molecular weight excluding hydrogens is 536 g/mol. The monoisotopic (exact) mass is 563 g/mol. The molecule has 6 rings (SSSR count). The Balaban J connectivity index is 1.81. The van der Waals surface area contributed by atoms with E-state index in [1.165, 1.54) is 0 Å². The third-order valence-corrected chi connectivity index (χ3v) is 7.65. The molecule has 0 saturated carbocycles. The second-order valence-corrected chi connectivity index (χ2v) is 11.9. The molecule has 0 bridgehead atoms. The number of aromatic carboxylic acids is 1. The van der Waals surface area contributed by atoms with Crippen molar-refractivity contribution in [1.29, 1.82) is 0 Å². The number of hydrogen-bond donors (Lipinski definition) is 3. The molecule has 0 atom stereocenters. The Morgan fingerprint density at radius 1 is 0.829 bits per heavy atom. The Bertz CT molecular complexity index is 1940. The maximum Gasteiger partial charge on any atom is 0.339 e. The predicted octanol–water partition coefficient (Wildman–Crippen LogP) is 4.80. The van der Waals surface area contributed by atoms with Crippen LogP contribution in [0.2, 0.25) is 0 Å². The molecule has 0 radical (unpaired) electrons. The lowest BCUT2D eigenvalue weighted by Gasteiger charge is -2.33. The quantitative estimate of drug-likeness (QED) is 0.186. The minimum Gasteiger partial charge on any atom is -0.478 e. The number of allylic oxidation sites excluding steroid dienone is 2. The summed E-state index contributed by atoms with van der Waals surface area (Å²) in [6.07, 6.45) is 3.99. The van der Waals surface area contributed by atoms with Gasteiger partial charge in [0.15, 0.2) is 28.8 Å². The number of nitrogens with one attached hydrogen (secondary N) is 2. The summed E-state index contributed by atoms with van der Waals surface area (Å²) in [6.45, 7) is 11.7. The minimum atomic E-state index is -2.19. The Morgan fingerprint density at radius 3 is 2.17 bits per heavy atom. The number of halogens is 4. The zero-order valence-corrected chi connectivity index (χ0v) is 23.2. The zero-order chi connectivity index (χ0) is 29.8. The lowest BCUT2D eigenvalue weighted by Crippen LogP contribution is -2.89. The lowest BCUT2D eigenvalue weighted by molar-refractivity contribution is -0.568. The number of carbonyl (C=O) groups is 1. The largest absolute Gasteiger partial charge is 0.478 e. The van der Waals surface area contributed by atoms with Crippen molar-refractivity contribution in [3.8, 4) is 11.5 Å². The van der Waals surface area contributed by atoms with Crippen LogP contribution in [0.4, 0.5) is 23.2 Å². The number of hydrogen-bond acceptors (Lipinski definition) is 3. The molecule has 0 spiro atoms. The first-order valence-corrected chi connectivity index (χ1v) is 13.1. The summed E-state index contributed by atoms with van der Waals surface area (Å²) in [5, 5.41) is 14.2. The van der Waals surface area contributed by atoms with Crippen LogP contribution in [0, 0.1) is 23.3 Å². The van der Waals surface area contributed by atoms with Crippen LogP contribution >= 0.6 is 0 Å². The van der Waals surface area contributed by atoms with E-state index < -0.39 is 51.4 Å². The van der Waals surface area contributed by atoms with Crippen molar-refractivity contribution >= 4 is 28.4 Å². The molecule has 5 nitrogen and oxygen atoms in total. The van der Waals surface area contributed by atoms with Crippen LogP contribution in [-0.2, 0) is 0 Å². The van der Waals surface area contributed by atoms with Crippen molar-refractivity contribution in [2.75, 3.05) is 5.32 Å². The summed E-state index contributed by atoms with van der Waals surface area (Å²) < 4.78 is 66.2. The van der Waals surface area contributed by atoms with E-state index in [1.54, 1.807) is 24.3 Å². The second-order valence-electron chi connectivity index (χ2n) is 11.9. The molecule has 41 heavy (non-hydrogen) atoms. The molecule has 0 aromatic heterocycles. The molecule has 0 aliphatic carbocycles. The van der Waals surface area contributed by atoms with Gasteiger partial charge in [-0.3, -0.25) is 0 Å². The van der Waals surface area contributed by atoms with Crippen molar-refractivity contribution in [2.45, 2.75) is 52.6 Å². The zero-order valence-electron chi connectivity index (χ0n) is 23.2. The normalized spacial score (nSPS) is 17.5. The van der Waals surface area contributed by atoms with Gasteiger partial charge in [0.1, 0.15) is 17.1 Å². The van der Waals surface area contributed by atoms with Gasteiger partial charge >= 0.3 is 5.97 Å². The van der Waals surface area contributed by atoms with E-state index in [-0.39, 0.29) is 27.9 Å². The molecule has 0 saturated heterocycles. The smallest absolute Gasteiger partial charge is 0.339 e. The van der Waals surface area contributed by atoms with E-state index in [0.717, 1.165) is 11.1 Å². The van der Waals surface area contributed by atoms with E-state index in [2.05, 4.69) is 10.3 Å².